The lowest BCUT2D eigenvalue weighted by atomic mass is 9.98. The van der Waals surface area contributed by atoms with E-state index in [9.17, 15) is 18.0 Å². The number of carbonyl (C=O) groups excluding carboxylic acids is 2. The van der Waals surface area contributed by atoms with E-state index in [1.165, 1.54) is 28.8 Å². The first-order valence-electron chi connectivity index (χ1n) is 10.6. The average Bonchev–Trinajstić information content (AvgIpc) is 3.38. The van der Waals surface area contributed by atoms with E-state index in [2.05, 4.69) is 4.99 Å². The minimum Gasteiger partial charge on any atom is -0.468 e. The van der Waals surface area contributed by atoms with E-state index in [0.29, 0.717) is 22.0 Å². The van der Waals surface area contributed by atoms with Gasteiger partial charge in [-0.2, -0.15) is 9.30 Å². The van der Waals surface area contributed by atoms with E-state index in [-0.39, 0.29) is 29.8 Å². The smallest absolute Gasteiger partial charge is 0.325 e. The van der Waals surface area contributed by atoms with Gasteiger partial charge in [-0.25, -0.2) is 8.42 Å². The monoisotopic (exact) mass is 541 g/mol. The summed E-state index contributed by atoms with van der Waals surface area (Å²) < 4.78 is 35.1. The van der Waals surface area contributed by atoms with Crippen LogP contribution in [0.3, 0.4) is 0 Å². The molecule has 2 aromatic heterocycles. The summed E-state index contributed by atoms with van der Waals surface area (Å²) in [5.74, 6) is -1.13. The highest BCUT2D eigenvalue weighted by Crippen LogP contribution is 2.31. The highest BCUT2D eigenvalue weighted by molar-refractivity contribution is 7.91. The van der Waals surface area contributed by atoms with Crippen LogP contribution < -0.4 is 4.80 Å². The van der Waals surface area contributed by atoms with Crippen molar-refractivity contribution in [2.45, 2.75) is 37.4 Å². The summed E-state index contributed by atoms with van der Waals surface area (Å²) in [7, 11) is -2.31. The Bertz CT molecular complexity index is 1430. The number of hydrogen-bond donors (Lipinski definition) is 0. The van der Waals surface area contributed by atoms with Crippen LogP contribution in [0, 0.1) is 19.8 Å². The number of carbonyl (C=O) groups is 2. The molecule has 3 aromatic rings. The second-order valence-corrected chi connectivity index (χ2v) is 13.0. The second kappa shape index (κ2) is 9.90. The van der Waals surface area contributed by atoms with Crippen LogP contribution in [-0.4, -0.2) is 49.4 Å². The van der Waals surface area contributed by atoms with Crippen LogP contribution in [0.15, 0.2) is 33.5 Å². The lowest BCUT2D eigenvalue weighted by Crippen LogP contribution is -2.40. The van der Waals surface area contributed by atoms with E-state index >= 15 is 0 Å². The normalized spacial score (nSPS) is 16.3. The maximum Gasteiger partial charge on any atom is 0.325 e. The number of rotatable bonds is 5. The van der Waals surface area contributed by atoms with Crippen LogP contribution in [-0.2, 0) is 30.9 Å². The molecule has 0 N–H and O–H groups in total. The van der Waals surface area contributed by atoms with Gasteiger partial charge in [-0.3, -0.25) is 9.59 Å². The maximum atomic E-state index is 13.0. The molecule has 1 saturated heterocycles. The number of sulfonamides is 1. The number of nitrogens with zero attached hydrogens (tertiary/aromatic N) is 3. The van der Waals surface area contributed by atoms with Crippen molar-refractivity contribution in [1.29, 1.82) is 0 Å². The number of fused-ring (bicyclic) bond motifs is 1. The molecule has 1 amide bonds. The highest BCUT2D eigenvalue weighted by Gasteiger charge is 2.33. The summed E-state index contributed by atoms with van der Waals surface area (Å²) in [5.41, 5.74) is 3.00. The van der Waals surface area contributed by atoms with Gasteiger partial charge in [0.25, 0.3) is 15.9 Å². The van der Waals surface area contributed by atoms with Gasteiger partial charge in [0.2, 0.25) is 0 Å². The quantitative estimate of drug-likeness (QED) is 0.458. The summed E-state index contributed by atoms with van der Waals surface area (Å²) in [5, 5.41) is 0. The molecule has 0 atom stereocenters. The van der Waals surface area contributed by atoms with Gasteiger partial charge in [0.15, 0.2) is 4.80 Å². The fourth-order valence-electron chi connectivity index (χ4n) is 3.85. The zero-order valence-electron chi connectivity index (χ0n) is 18.9. The highest BCUT2D eigenvalue weighted by atomic mass is 35.5. The number of ether oxygens (including phenoxy) is 1. The molecule has 0 aliphatic carbocycles. The molecule has 1 aliphatic heterocycles. The Morgan fingerprint density at radius 3 is 2.44 bits per heavy atom. The summed E-state index contributed by atoms with van der Waals surface area (Å²) in [6.45, 7) is 4.41. The van der Waals surface area contributed by atoms with E-state index in [1.54, 1.807) is 10.6 Å². The zero-order chi connectivity index (χ0) is 24.6. The SMILES string of the molecule is COC(=O)Cn1c(=NC(=O)C2CCN(S(=O)(=O)c3ccc(Cl)s3)CC2)sc2cc(C)c(C)cc21. The molecule has 0 spiro atoms. The van der Waals surface area contributed by atoms with Crippen molar-refractivity contribution in [1.82, 2.24) is 8.87 Å². The van der Waals surface area contributed by atoms with E-state index in [1.807, 2.05) is 26.0 Å². The van der Waals surface area contributed by atoms with Crippen molar-refractivity contribution in [3.63, 3.8) is 0 Å². The topological polar surface area (TPSA) is 98.0 Å². The van der Waals surface area contributed by atoms with Gasteiger partial charge in [-0.15, -0.1) is 11.3 Å². The average molecular weight is 542 g/mol. The van der Waals surface area contributed by atoms with Gasteiger partial charge < -0.3 is 9.30 Å². The number of thiophene rings is 1. The molecular formula is C22H24ClN3O5S3. The number of aryl methyl sites for hydroxylation is 2. The van der Waals surface area contributed by atoms with Crippen molar-refractivity contribution in [2.24, 2.45) is 10.9 Å². The van der Waals surface area contributed by atoms with Gasteiger partial charge in [0, 0.05) is 19.0 Å². The molecule has 0 bridgehead atoms. The van der Waals surface area contributed by atoms with Gasteiger partial charge in [0.05, 0.1) is 21.7 Å². The number of piperidine rings is 1. The fourth-order valence-corrected chi connectivity index (χ4v) is 8.07. The molecule has 1 aliphatic rings. The minimum absolute atomic E-state index is 0.0504. The number of methoxy groups -OCH3 is 1. The van der Waals surface area contributed by atoms with Crippen LogP contribution in [0.4, 0.5) is 0 Å². The number of aromatic nitrogens is 1. The number of esters is 1. The largest absolute Gasteiger partial charge is 0.468 e. The molecule has 0 unspecified atom stereocenters. The van der Waals surface area contributed by atoms with Crippen LogP contribution in [0.5, 0.6) is 0 Å². The van der Waals surface area contributed by atoms with Crippen molar-refractivity contribution in [2.75, 3.05) is 20.2 Å². The molecule has 1 fully saturated rings. The van der Waals surface area contributed by atoms with Gasteiger partial charge in [0.1, 0.15) is 10.8 Å². The lowest BCUT2D eigenvalue weighted by Gasteiger charge is -2.29. The molecular weight excluding hydrogens is 518 g/mol. The summed E-state index contributed by atoms with van der Waals surface area (Å²) in [4.78, 5) is 29.9. The Kier molecular flexibility index (Phi) is 7.30. The van der Waals surface area contributed by atoms with E-state index in [4.69, 9.17) is 16.3 Å². The Morgan fingerprint density at radius 2 is 1.82 bits per heavy atom. The first-order valence-corrected chi connectivity index (χ1v) is 14.1. The third-order valence-electron chi connectivity index (χ3n) is 5.96. The number of halogens is 1. The summed E-state index contributed by atoms with van der Waals surface area (Å²) in [6.07, 6.45) is 0.752. The first kappa shape index (κ1) is 25.1. The molecule has 0 saturated carbocycles. The Morgan fingerprint density at radius 1 is 1.15 bits per heavy atom. The number of hydrogen-bond acceptors (Lipinski definition) is 7. The molecule has 1 aromatic carbocycles. The van der Waals surface area contributed by atoms with Crippen molar-refractivity contribution in [3.8, 4) is 0 Å². The maximum absolute atomic E-state index is 13.0. The molecule has 3 heterocycles. The third kappa shape index (κ3) is 4.99. The van der Waals surface area contributed by atoms with Gasteiger partial charge in [-0.05, 0) is 62.1 Å². The second-order valence-electron chi connectivity index (χ2n) is 8.14. The van der Waals surface area contributed by atoms with Crippen LogP contribution in [0.2, 0.25) is 4.34 Å². The molecule has 8 nitrogen and oxygen atoms in total. The summed E-state index contributed by atoms with van der Waals surface area (Å²) >= 11 is 8.26. The molecule has 12 heteroatoms. The number of thiazole rings is 1. The standard InChI is InChI=1S/C22H24ClN3O5S3/c1-13-10-16-17(11-14(13)2)32-22(26(16)12-19(27)31-3)24-21(28)15-6-8-25(9-7-15)34(29,30)20-5-4-18(23)33-20/h4-5,10-11,15H,6-9,12H2,1-3H3. The Balaban J connectivity index is 1.58. The predicted molar refractivity (Wildman–Crippen MR) is 133 cm³/mol. The van der Waals surface area contributed by atoms with Crippen LogP contribution >= 0.6 is 34.3 Å². The van der Waals surface area contributed by atoms with Gasteiger partial charge in [-0.1, -0.05) is 22.9 Å². The number of amides is 1. The molecule has 34 heavy (non-hydrogen) atoms. The van der Waals surface area contributed by atoms with Crippen LogP contribution in [0.1, 0.15) is 24.0 Å². The first-order chi connectivity index (χ1) is 16.1. The van der Waals surface area contributed by atoms with Crippen molar-refractivity contribution in [3.05, 3.63) is 44.5 Å². The van der Waals surface area contributed by atoms with Gasteiger partial charge >= 0.3 is 5.97 Å². The molecule has 0 radical (unpaired) electrons. The zero-order valence-corrected chi connectivity index (χ0v) is 22.1. The minimum atomic E-state index is -3.63. The van der Waals surface area contributed by atoms with E-state index < -0.39 is 21.9 Å². The van der Waals surface area contributed by atoms with Crippen molar-refractivity contribution < 1.29 is 22.7 Å². The third-order valence-corrected chi connectivity index (χ3v) is 10.6. The molecule has 182 valence electrons. The predicted octanol–water partition coefficient (Wildman–Crippen LogP) is 3.74. The van der Waals surface area contributed by atoms with Crippen LogP contribution in [0.25, 0.3) is 10.2 Å². The lowest BCUT2D eigenvalue weighted by molar-refractivity contribution is -0.141. The Labute approximate surface area is 210 Å². The molecule has 4 rings (SSSR count). The number of benzene rings is 1. The fraction of sp³-hybridized carbons (Fsp3) is 0.409. The Hall–Kier alpha value is -2.05. The van der Waals surface area contributed by atoms with Crippen molar-refractivity contribution >= 4 is 66.4 Å². The van der Waals surface area contributed by atoms with E-state index in [0.717, 1.165) is 32.7 Å². The summed E-state index contributed by atoms with van der Waals surface area (Å²) in [6, 6.07) is 7.06.